The molecule has 0 amide bonds. The van der Waals surface area contributed by atoms with E-state index in [1.54, 1.807) is 6.92 Å². The Balaban J connectivity index is 2.65. The zero-order valence-electron chi connectivity index (χ0n) is 13.5. The van der Waals surface area contributed by atoms with Crippen molar-refractivity contribution >= 4 is 0 Å². The molecular weight excluding hydrogens is 266 g/mol. The second kappa shape index (κ2) is 8.17. The summed E-state index contributed by atoms with van der Waals surface area (Å²) in [5, 5.41) is 0. The molecule has 0 radical (unpaired) electrons. The molecule has 0 aliphatic rings. The Labute approximate surface area is 128 Å². The topological polar surface area (TPSA) is 0 Å². The first-order valence-electron chi connectivity index (χ1n) is 7.83. The molecule has 1 aromatic carbocycles. The van der Waals surface area contributed by atoms with Crippen LogP contribution in [0.15, 0.2) is 24.3 Å². The van der Waals surface area contributed by atoms with E-state index in [4.69, 9.17) is 0 Å². The van der Waals surface area contributed by atoms with Crippen molar-refractivity contribution in [1.82, 2.24) is 0 Å². The highest BCUT2D eigenvalue weighted by Gasteiger charge is 2.33. The van der Waals surface area contributed by atoms with Crippen molar-refractivity contribution in [3.05, 3.63) is 35.4 Å². The Morgan fingerprint density at radius 3 is 2.24 bits per heavy atom. The molecule has 0 saturated heterocycles. The lowest BCUT2D eigenvalue weighted by Gasteiger charge is -2.18. The number of hydrogen-bond donors (Lipinski definition) is 0. The van der Waals surface area contributed by atoms with E-state index in [-0.39, 0.29) is 0 Å². The van der Waals surface area contributed by atoms with Gasteiger partial charge in [0.1, 0.15) is 0 Å². The van der Waals surface area contributed by atoms with Crippen LogP contribution in [0.2, 0.25) is 0 Å². The minimum Gasteiger partial charge on any atom is -0.192 e. The van der Waals surface area contributed by atoms with E-state index >= 15 is 0 Å². The van der Waals surface area contributed by atoms with Crippen molar-refractivity contribution in [1.29, 1.82) is 0 Å². The third-order valence-electron chi connectivity index (χ3n) is 3.72. The Kier molecular flexibility index (Phi) is 6.89. The largest absolute Gasteiger partial charge is 0.310 e. The molecular formula is C19H26F2. The first-order valence-corrected chi connectivity index (χ1v) is 7.83. The van der Waals surface area contributed by atoms with Crippen LogP contribution < -0.4 is 0 Å². The van der Waals surface area contributed by atoms with Crippen LogP contribution in [0.4, 0.5) is 8.78 Å². The molecule has 1 aromatic rings. The van der Waals surface area contributed by atoms with Gasteiger partial charge in [-0.3, -0.25) is 0 Å². The number of halogens is 2. The summed E-state index contributed by atoms with van der Waals surface area (Å²) in [6, 6.07) is 7.95. The van der Waals surface area contributed by atoms with Gasteiger partial charge in [0.25, 0.3) is 0 Å². The number of unbranched alkanes of at least 4 members (excludes halogenated alkanes) is 2. The summed E-state index contributed by atoms with van der Waals surface area (Å²) in [5.74, 6) is 1.56. The average molecular weight is 292 g/mol. The normalized spacial score (nSPS) is 12.9. The maximum atomic E-state index is 14.0. The van der Waals surface area contributed by atoms with Gasteiger partial charge in [-0.2, -0.15) is 8.78 Å². The predicted molar refractivity (Wildman–Crippen MR) is 85.6 cm³/mol. The predicted octanol–water partition coefficient (Wildman–Crippen LogP) is 5.82. The van der Waals surface area contributed by atoms with Gasteiger partial charge in [0, 0.05) is 12.3 Å². The summed E-state index contributed by atoms with van der Waals surface area (Å²) in [6.45, 7) is 7.85. The molecule has 1 rings (SSSR count). The molecule has 0 aliphatic heterocycles. The summed E-state index contributed by atoms with van der Waals surface area (Å²) in [5.41, 5.74) is 2.18. The fraction of sp³-hybridized carbons (Fsp3) is 0.579. The molecule has 21 heavy (non-hydrogen) atoms. The second-order valence-electron chi connectivity index (χ2n) is 6.03. The van der Waals surface area contributed by atoms with Crippen molar-refractivity contribution < 1.29 is 8.78 Å². The molecule has 0 aromatic heterocycles. The lowest BCUT2D eigenvalue weighted by molar-refractivity contribution is 0.00913. The smallest absolute Gasteiger partial charge is 0.192 e. The fourth-order valence-corrected chi connectivity index (χ4v) is 2.09. The van der Waals surface area contributed by atoms with Crippen molar-refractivity contribution in [2.24, 2.45) is 5.92 Å². The van der Waals surface area contributed by atoms with E-state index in [2.05, 4.69) is 25.7 Å². The summed E-state index contributed by atoms with van der Waals surface area (Å²) >= 11 is 0. The lowest BCUT2D eigenvalue weighted by Crippen LogP contribution is -2.25. The molecule has 0 spiro atoms. The molecule has 0 bridgehead atoms. The Hall–Kier alpha value is -1.36. The van der Waals surface area contributed by atoms with Gasteiger partial charge in [0.05, 0.1) is 0 Å². The van der Waals surface area contributed by atoms with Crippen LogP contribution in [0.3, 0.4) is 0 Å². The first kappa shape index (κ1) is 17.7. The number of hydrogen-bond acceptors (Lipinski definition) is 0. The summed E-state index contributed by atoms with van der Waals surface area (Å²) < 4.78 is 27.9. The molecule has 0 N–H and O–H groups in total. The highest BCUT2D eigenvalue weighted by molar-refractivity contribution is 5.25. The molecule has 0 nitrogen and oxygen atoms in total. The van der Waals surface area contributed by atoms with E-state index in [0.29, 0.717) is 18.8 Å². The lowest BCUT2D eigenvalue weighted by atomic mass is 9.93. The van der Waals surface area contributed by atoms with Gasteiger partial charge >= 0.3 is 5.92 Å². The molecule has 0 saturated carbocycles. The molecule has 2 heteroatoms. The van der Waals surface area contributed by atoms with Crippen molar-refractivity contribution in [3.8, 4) is 11.8 Å². The van der Waals surface area contributed by atoms with Gasteiger partial charge in [0.2, 0.25) is 0 Å². The van der Waals surface area contributed by atoms with E-state index in [1.807, 2.05) is 31.2 Å². The number of benzene rings is 1. The van der Waals surface area contributed by atoms with Crippen LogP contribution in [0.25, 0.3) is 0 Å². The van der Waals surface area contributed by atoms with Gasteiger partial charge in [0.15, 0.2) is 0 Å². The highest BCUT2D eigenvalue weighted by atomic mass is 19.3. The van der Waals surface area contributed by atoms with Crippen LogP contribution in [0, 0.1) is 17.8 Å². The molecule has 0 heterocycles. The zero-order chi connectivity index (χ0) is 15.9. The van der Waals surface area contributed by atoms with E-state index in [1.165, 1.54) is 5.56 Å². The number of rotatable bonds is 6. The van der Waals surface area contributed by atoms with Gasteiger partial charge in [-0.1, -0.05) is 64.3 Å². The number of alkyl halides is 2. The molecule has 0 aliphatic carbocycles. The monoisotopic (exact) mass is 292 g/mol. The third-order valence-corrected chi connectivity index (χ3v) is 3.72. The van der Waals surface area contributed by atoms with Crippen molar-refractivity contribution in [2.45, 2.75) is 65.2 Å². The minimum atomic E-state index is -2.91. The molecule has 0 fully saturated rings. The summed E-state index contributed by atoms with van der Waals surface area (Å²) in [4.78, 5) is 0. The van der Waals surface area contributed by atoms with Crippen molar-refractivity contribution in [2.75, 3.05) is 0 Å². The Morgan fingerprint density at radius 2 is 1.71 bits per heavy atom. The zero-order valence-corrected chi connectivity index (χ0v) is 13.5. The van der Waals surface area contributed by atoms with Gasteiger partial charge in [-0.05, 0) is 35.8 Å². The fourth-order valence-electron chi connectivity index (χ4n) is 2.09. The quantitative estimate of drug-likeness (QED) is 0.458. The SMILES string of the molecule is CCCCC#CC(F)(F)C(C)Cc1ccc(C(C)C)cc1. The third kappa shape index (κ3) is 5.87. The van der Waals surface area contributed by atoms with E-state index < -0.39 is 11.8 Å². The Morgan fingerprint density at radius 1 is 1.10 bits per heavy atom. The van der Waals surface area contributed by atoms with Gasteiger partial charge < -0.3 is 0 Å². The second-order valence-corrected chi connectivity index (χ2v) is 6.03. The standard InChI is InChI=1S/C19H26F2/c1-5-6-7-8-13-19(20,21)16(4)14-17-9-11-18(12-10-17)15(2)3/h9-12,15-16H,5-7,14H2,1-4H3. The first-order chi connectivity index (χ1) is 9.86. The molecule has 1 unspecified atom stereocenters. The van der Waals surface area contributed by atoms with Crippen LogP contribution in [-0.4, -0.2) is 5.92 Å². The van der Waals surface area contributed by atoms with E-state index in [0.717, 1.165) is 18.4 Å². The summed E-state index contributed by atoms with van der Waals surface area (Å²) in [6.07, 6.45) is 2.78. The minimum absolute atomic E-state index is 0.355. The average Bonchev–Trinajstić information content (AvgIpc) is 2.44. The maximum Gasteiger partial charge on any atom is 0.310 e. The van der Waals surface area contributed by atoms with Crippen molar-refractivity contribution in [3.63, 3.8) is 0 Å². The highest BCUT2D eigenvalue weighted by Crippen LogP contribution is 2.27. The maximum absolute atomic E-state index is 14.0. The van der Waals surface area contributed by atoms with E-state index in [9.17, 15) is 8.78 Å². The van der Waals surface area contributed by atoms with Crippen LogP contribution in [0.5, 0.6) is 0 Å². The van der Waals surface area contributed by atoms with Crippen LogP contribution in [-0.2, 0) is 6.42 Å². The Bertz CT molecular complexity index is 475. The molecule has 1 atom stereocenters. The summed E-state index contributed by atoms with van der Waals surface area (Å²) in [7, 11) is 0. The van der Waals surface area contributed by atoms with Crippen LogP contribution >= 0.6 is 0 Å². The van der Waals surface area contributed by atoms with Gasteiger partial charge in [-0.25, -0.2) is 0 Å². The molecule has 116 valence electrons. The van der Waals surface area contributed by atoms with Gasteiger partial charge in [-0.15, -0.1) is 0 Å². The van der Waals surface area contributed by atoms with Crippen LogP contribution in [0.1, 0.15) is 64.0 Å².